The van der Waals surface area contributed by atoms with Gasteiger partial charge in [0.2, 0.25) is 4.73 Å². The third-order valence-corrected chi connectivity index (χ3v) is 1.91. The van der Waals surface area contributed by atoms with Gasteiger partial charge in [-0.1, -0.05) is 13.8 Å². The fraction of sp³-hybridized carbons (Fsp3) is 0.714. The van der Waals surface area contributed by atoms with Crippen molar-refractivity contribution in [3.63, 3.8) is 0 Å². The molecule has 4 nitrogen and oxygen atoms in total. The Morgan fingerprint density at radius 3 is 2.67 bits per heavy atom. The number of rotatable bonds is 3. The van der Waals surface area contributed by atoms with Crippen molar-refractivity contribution >= 4 is 15.9 Å². The summed E-state index contributed by atoms with van der Waals surface area (Å²) in [6, 6.07) is -0.0381. The van der Waals surface area contributed by atoms with Crippen LogP contribution in [0.25, 0.3) is 0 Å². The number of H-pyrrole nitrogens is 1. The molecule has 1 heterocycles. The number of nitrogens with zero attached hydrogens (tertiary/aromatic N) is 2. The first-order valence-electron chi connectivity index (χ1n) is 3.93. The molecule has 5 heteroatoms. The molecule has 3 N–H and O–H groups in total. The van der Waals surface area contributed by atoms with Crippen LogP contribution in [0.5, 0.6) is 0 Å². The van der Waals surface area contributed by atoms with Gasteiger partial charge in [0.1, 0.15) is 5.82 Å². The Balaban J connectivity index is 2.58. The largest absolute Gasteiger partial charge is 0.321 e. The van der Waals surface area contributed by atoms with Crippen LogP contribution in [0.2, 0.25) is 0 Å². The summed E-state index contributed by atoms with van der Waals surface area (Å²) in [5, 5.41) is 6.62. The molecule has 0 spiro atoms. The number of hydrogen-bond donors (Lipinski definition) is 2. The number of aromatic amines is 1. The average molecular weight is 233 g/mol. The van der Waals surface area contributed by atoms with Gasteiger partial charge in [0.15, 0.2) is 0 Å². The van der Waals surface area contributed by atoms with E-state index in [1.807, 2.05) is 0 Å². The van der Waals surface area contributed by atoms with Crippen LogP contribution in [0, 0.1) is 5.92 Å². The lowest BCUT2D eigenvalue weighted by molar-refractivity contribution is 0.494. The normalized spacial score (nSPS) is 13.8. The zero-order chi connectivity index (χ0) is 9.14. The molecular weight excluding hydrogens is 220 g/mol. The second-order valence-corrected chi connectivity index (χ2v) is 3.94. The van der Waals surface area contributed by atoms with Crippen LogP contribution in [0.1, 0.15) is 32.1 Å². The topological polar surface area (TPSA) is 67.6 Å². The average Bonchev–Trinajstić information content (AvgIpc) is 2.34. The predicted octanol–water partition coefficient (Wildman–Crippen LogP) is 1.61. The van der Waals surface area contributed by atoms with Crippen LogP contribution in [0.3, 0.4) is 0 Å². The zero-order valence-corrected chi connectivity index (χ0v) is 8.80. The Morgan fingerprint density at radius 1 is 1.58 bits per heavy atom. The molecule has 1 aromatic rings. The Bertz CT molecular complexity index is 245. The minimum atomic E-state index is -0.0381. The lowest BCUT2D eigenvalue weighted by Gasteiger charge is -2.09. The predicted molar refractivity (Wildman–Crippen MR) is 50.5 cm³/mol. The molecule has 12 heavy (non-hydrogen) atoms. The maximum atomic E-state index is 5.85. The molecule has 0 amide bonds. The number of hydrogen-bond acceptors (Lipinski definition) is 3. The Labute approximate surface area is 80.1 Å². The summed E-state index contributed by atoms with van der Waals surface area (Å²) in [7, 11) is 0. The summed E-state index contributed by atoms with van der Waals surface area (Å²) in [5.74, 6) is 1.32. The van der Waals surface area contributed by atoms with Crippen molar-refractivity contribution in [2.75, 3.05) is 0 Å². The van der Waals surface area contributed by atoms with E-state index in [-0.39, 0.29) is 6.04 Å². The fourth-order valence-corrected chi connectivity index (χ4v) is 1.32. The van der Waals surface area contributed by atoms with Crippen molar-refractivity contribution in [2.45, 2.75) is 26.3 Å². The van der Waals surface area contributed by atoms with Crippen molar-refractivity contribution in [2.24, 2.45) is 11.7 Å². The molecule has 1 atom stereocenters. The molecule has 0 fully saturated rings. The van der Waals surface area contributed by atoms with Gasteiger partial charge in [-0.3, -0.25) is 5.10 Å². The highest BCUT2D eigenvalue weighted by molar-refractivity contribution is 9.10. The van der Waals surface area contributed by atoms with Crippen LogP contribution in [-0.4, -0.2) is 15.2 Å². The lowest BCUT2D eigenvalue weighted by Crippen LogP contribution is -2.14. The number of nitrogens with two attached hydrogens (primary N) is 1. The van der Waals surface area contributed by atoms with E-state index in [1.165, 1.54) is 0 Å². The summed E-state index contributed by atoms with van der Waals surface area (Å²) < 4.78 is 0.566. The quantitative estimate of drug-likeness (QED) is 0.833. The first-order valence-corrected chi connectivity index (χ1v) is 4.72. The van der Waals surface area contributed by atoms with Crippen molar-refractivity contribution in [1.82, 2.24) is 15.2 Å². The zero-order valence-electron chi connectivity index (χ0n) is 7.21. The third-order valence-electron chi connectivity index (χ3n) is 1.55. The molecule has 1 aromatic heterocycles. The van der Waals surface area contributed by atoms with Crippen molar-refractivity contribution < 1.29 is 0 Å². The Morgan fingerprint density at radius 2 is 2.25 bits per heavy atom. The SMILES string of the molecule is CC(C)C[C@@H](N)c1nc(Br)n[nH]1. The second-order valence-electron chi connectivity index (χ2n) is 3.23. The summed E-state index contributed by atoms with van der Waals surface area (Å²) in [6.07, 6.45) is 0.918. The van der Waals surface area contributed by atoms with Gasteiger partial charge in [-0.25, -0.2) is 4.98 Å². The molecule has 0 saturated carbocycles. The molecule has 0 aliphatic carbocycles. The van der Waals surface area contributed by atoms with Gasteiger partial charge in [0.25, 0.3) is 0 Å². The third kappa shape index (κ3) is 2.57. The van der Waals surface area contributed by atoms with Crippen LogP contribution < -0.4 is 5.73 Å². The van der Waals surface area contributed by atoms with Gasteiger partial charge >= 0.3 is 0 Å². The van der Waals surface area contributed by atoms with Gasteiger partial charge in [-0.05, 0) is 28.3 Å². The lowest BCUT2D eigenvalue weighted by atomic mass is 10.0. The minimum absolute atomic E-state index is 0.0381. The summed E-state index contributed by atoms with van der Waals surface area (Å²) in [5.41, 5.74) is 5.85. The summed E-state index contributed by atoms with van der Waals surface area (Å²) in [6.45, 7) is 4.26. The maximum absolute atomic E-state index is 5.85. The molecule has 0 bridgehead atoms. The molecular formula is C7H13BrN4. The first kappa shape index (κ1) is 9.67. The highest BCUT2D eigenvalue weighted by atomic mass is 79.9. The van der Waals surface area contributed by atoms with E-state index in [4.69, 9.17) is 5.73 Å². The van der Waals surface area contributed by atoms with E-state index in [0.717, 1.165) is 12.2 Å². The number of nitrogens with one attached hydrogen (secondary N) is 1. The number of aromatic nitrogens is 3. The standard InChI is InChI=1S/C7H13BrN4/c1-4(2)3-5(9)6-10-7(8)12-11-6/h4-5H,3,9H2,1-2H3,(H,10,11,12)/t5-/m1/s1. The summed E-state index contributed by atoms with van der Waals surface area (Å²) >= 11 is 3.16. The highest BCUT2D eigenvalue weighted by Crippen LogP contribution is 2.15. The fourth-order valence-electron chi connectivity index (χ4n) is 1.04. The van der Waals surface area contributed by atoms with Crippen LogP contribution >= 0.6 is 15.9 Å². The molecule has 1 rings (SSSR count). The van der Waals surface area contributed by atoms with Crippen molar-refractivity contribution in [1.29, 1.82) is 0 Å². The minimum Gasteiger partial charge on any atom is -0.321 e. The van der Waals surface area contributed by atoms with Crippen LogP contribution in [-0.2, 0) is 0 Å². The van der Waals surface area contributed by atoms with E-state index in [9.17, 15) is 0 Å². The van der Waals surface area contributed by atoms with E-state index < -0.39 is 0 Å². The van der Waals surface area contributed by atoms with Crippen LogP contribution in [0.4, 0.5) is 0 Å². The van der Waals surface area contributed by atoms with E-state index >= 15 is 0 Å². The van der Waals surface area contributed by atoms with Gasteiger partial charge in [-0.2, -0.15) is 0 Å². The van der Waals surface area contributed by atoms with E-state index in [2.05, 4.69) is 45.0 Å². The van der Waals surface area contributed by atoms with E-state index in [1.54, 1.807) is 0 Å². The van der Waals surface area contributed by atoms with Crippen molar-refractivity contribution in [3.8, 4) is 0 Å². The molecule has 0 aliphatic heterocycles. The second kappa shape index (κ2) is 4.00. The van der Waals surface area contributed by atoms with Gasteiger partial charge < -0.3 is 5.73 Å². The molecule has 0 aliphatic rings. The van der Waals surface area contributed by atoms with Gasteiger partial charge in [0.05, 0.1) is 6.04 Å². The Kier molecular flexibility index (Phi) is 3.22. The van der Waals surface area contributed by atoms with Gasteiger partial charge in [-0.15, -0.1) is 5.10 Å². The maximum Gasteiger partial charge on any atom is 0.217 e. The first-order chi connectivity index (χ1) is 5.59. The highest BCUT2D eigenvalue weighted by Gasteiger charge is 2.11. The van der Waals surface area contributed by atoms with E-state index in [0.29, 0.717) is 10.7 Å². The molecule has 0 radical (unpaired) electrons. The van der Waals surface area contributed by atoms with Crippen LogP contribution in [0.15, 0.2) is 4.73 Å². The Hall–Kier alpha value is -0.420. The van der Waals surface area contributed by atoms with Crippen molar-refractivity contribution in [3.05, 3.63) is 10.6 Å². The van der Waals surface area contributed by atoms with Gasteiger partial charge in [0, 0.05) is 0 Å². The molecule has 0 aromatic carbocycles. The smallest absolute Gasteiger partial charge is 0.217 e. The molecule has 0 saturated heterocycles. The molecule has 0 unspecified atom stereocenters. The molecule has 68 valence electrons. The summed E-state index contributed by atoms with van der Waals surface area (Å²) in [4.78, 5) is 4.09. The number of halogens is 1. The monoisotopic (exact) mass is 232 g/mol.